The number of hydrogen-bond donors (Lipinski definition) is 2. The first-order chi connectivity index (χ1) is 37.7. The number of nitrogens with two attached hydrogens (primary N) is 1. The molecule has 0 unspecified atom stereocenters. The fraction of sp³-hybridized carbons (Fsp3) is 0.373. The van der Waals surface area contributed by atoms with Crippen LogP contribution in [0.4, 0.5) is 30.0 Å². The van der Waals surface area contributed by atoms with Crippen LogP contribution < -0.4 is 41.4 Å². The van der Waals surface area contributed by atoms with Gasteiger partial charge in [-0.05, 0) is 60.1 Å². The van der Waals surface area contributed by atoms with Crippen molar-refractivity contribution in [2.24, 2.45) is 5.73 Å². The van der Waals surface area contributed by atoms with E-state index in [2.05, 4.69) is 65.2 Å². The number of ketones is 2. The molecule has 4 aliphatic heterocycles. The van der Waals surface area contributed by atoms with Gasteiger partial charge in [-0.3, -0.25) is 29.0 Å². The maximum Gasteiger partial charge on any atom is 0 e. The van der Waals surface area contributed by atoms with Gasteiger partial charge in [-0.15, -0.1) is 0 Å². The molecule has 442 valence electrons. The van der Waals surface area contributed by atoms with Crippen molar-refractivity contribution in [2.45, 2.75) is 51.0 Å². The third-order valence-electron chi connectivity index (χ3n) is 12.3. The van der Waals surface area contributed by atoms with Crippen molar-refractivity contribution in [3.63, 3.8) is 0 Å². The molecule has 2 fully saturated rings. The Morgan fingerprint density at radius 3 is 1.61 bits per heavy atom. The van der Waals surface area contributed by atoms with Crippen molar-refractivity contribution >= 4 is 130 Å². The van der Waals surface area contributed by atoms with Gasteiger partial charge in [-0.2, -0.15) is 27.0 Å². The number of aldehydes is 1. The van der Waals surface area contributed by atoms with Crippen LogP contribution in [0, 0.1) is 19.1 Å². The summed E-state index contributed by atoms with van der Waals surface area (Å²) in [5.41, 5.74) is 7.55. The van der Waals surface area contributed by atoms with Crippen LogP contribution in [0.25, 0.3) is 21.8 Å². The van der Waals surface area contributed by atoms with Gasteiger partial charge in [0, 0.05) is 88.6 Å². The van der Waals surface area contributed by atoms with Crippen molar-refractivity contribution in [2.75, 3.05) is 83.2 Å². The molecule has 0 saturated carbocycles. The number of hydrogen-bond acceptors (Lipinski definition) is 19. The van der Waals surface area contributed by atoms with E-state index in [1.165, 1.54) is 62.7 Å². The third kappa shape index (κ3) is 18.1. The summed E-state index contributed by atoms with van der Waals surface area (Å²) in [5, 5.41) is 4.71. The zero-order chi connectivity index (χ0) is 55.9. The summed E-state index contributed by atoms with van der Waals surface area (Å²) < 4.78 is 62.6. The minimum Gasteiger partial charge on any atom is 0 e. The summed E-state index contributed by atoms with van der Waals surface area (Å²) in [6, 6.07) is 12.2. The molecular formula is C51H59F2I2N10O13S2V2-. The Labute approximate surface area is 524 Å². The average molecular weight is 1480 g/mol. The summed E-state index contributed by atoms with van der Waals surface area (Å²) in [5.74, 6) is 0.226. The number of halogens is 4. The molecule has 2 atom stereocenters. The Balaban J connectivity index is 0.000000333. The summed E-state index contributed by atoms with van der Waals surface area (Å²) in [7, 11) is 3.71. The Bertz CT molecular complexity index is 3320. The van der Waals surface area contributed by atoms with Gasteiger partial charge in [-0.25, -0.2) is 38.3 Å². The van der Waals surface area contributed by atoms with Gasteiger partial charge in [0.2, 0.25) is 11.8 Å². The van der Waals surface area contributed by atoms with Crippen molar-refractivity contribution < 1.29 is 89.2 Å². The number of carbonyl (C=O) groups excluding carboxylic acids is 5. The van der Waals surface area contributed by atoms with Gasteiger partial charge in [0.25, 0.3) is 11.1 Å². The molecule has 4 aliphatic rings. The topological polar surface area (TPSA) is 281 Å². The van der Waals surface area contributed by atoms with E-state index < -0.39 is 29.9 Å². The number of fused-ring (bicyclic) bond motifs is 4. The molecule has 10 rings (SSSR count). The fourth-order valence-electron chi connectivity index (χ4n) is 8.65. The summed E-state index contributed by atoms with van der Waals surface area (Å²) in [6.07, 6.45) is 2.15. The van der Waals surface area contributed by atoms with Gasteiger partial charge < -0.3 is 60.8 Å². The maximum absolute atomic E-state index is 14.8. The van der Waals surface area contributed by atoms with E-state index >= 15 is 0 Å². The summed E-state index contributed by atoms with van der Waals surface area (Å²) in [4.78, 5) is 102. The minimum absolute atomic E-state index is 0. The zero-order valence-electron chi connectivity index (χ0n) is 44.5. The quantitative estimate of drug-likeness (QED) is 0.0585. The summed E-state index contributed by atoms with van der Waals surface area (Å²) >= 11 is 4.74. The molecule has 82 heavy (non-hydrogen) atoms. The van der Waals surface area contributed by atoms with E-state index in [1.807, 2.05) is 0 Å². The van der Waals surface area contributed by atoms with E-state index in [0.29, 0.717) is 114 Å². The Morgan fingerprint density at radius 1 is 0.720 bits per heavy atom. The third-order valence-corrected chi connectivity index (χ3v) is 12.3. The number of aromatic nitrogens is 6. The number of nitrogens with zero attached hydrogens (tertiary/aromatic N) is 8. The molecule has 0 aliphatic carbocycles. The molecule has 0 bridgehead atoms. The Kier molecular flexibility index (Phi) is 30.4. The first kappa shape index (κ1) is 71.5. The standard InChI is InChI=1S/C25H26FN5O6.C14H14FNO3.C11H12N4O4.CH3.2HI.2H2S.2V/c1-35-9-8-30-22(33)5-3-15-2-4-19(26)18(23(15)30)6-7-27-11-17-13-31(25(34)37-17)21-12-28-24-20(29-21)10-16(32)14-36-24;1-19-9-7-16-13(18)5-3-10-2-4-12(15)11(6-8-17)14(10)16;12-2-7-4-15(11(17)19-7)9-3-13-10-8(14-9)1-6(16)5-18-10;;;;;;;/h2-5,12,17,27H,6-11,13-14H2,1H3;2-5,8H,6-7,9H2,1H3;3,7H,1-2,4-5,12H2;1H3;2*1H;2*1H2;;/q;;;-1;;;;;;+2/p-2/t17-;;7-;;;;;;;/m0.0......./s1. The van der Waals surface area contributed by atoms with Crippen LogP contribution in [0.1, 0.15) is 22.5 Å². The molecule has 0 spiro atoms. The van der Waals surface area contributed by atoms with Crippen LogP contribution in [0.2, 0.25) is 0 Å². The van der Waals surface area contributed by atoms with E-state index in [9.17, 15) is 42.3 Å². The normalized spacial score (nSPS) is 15.5. The van der Waals surface area contributed by atoms with Crippen molar-refractivity contribution in [1.29, 1.82) is 0 Å². The van der Waals surface area contributed by atoms with Crippen LogP contribution in [0.15, 0.2) is 70.5 Å². The number of methoxy groups -OCH3 is 2. The van der Waals surface area contributed by atoms with Gasteiger partial charge >= 0.3 is 61.6 Å². The molecule has 8 heterocycles. The number of carbonyl (C=O) groups is 5. The van der Waals surface area contributed by atoms with E-state index in [1.54, 1.807) is 31.4 Å². The predicted molar refractivity (Wildman–Crippen MR) is 318 cm³/mol. The summed E-state index contributed by atoms with van der Waals surface area (Å²) in [6.45, 7) is 2.85. The number of nitrogens with one attached hydrogen (secondary N) is 1. The SMILES string of the molecule is COCCn1c(=O)ccc2ccc(F)c(CC=O)c21.COCCn1c(=O)ccc2ccc(F)c(CCNC[C@H]3CN(c4cnc5c(n4)CC(=O)CO5)C(=O)O3)c21.NC[C@H]1CN(c2cnc3c(n2)CC(=O)CO3)C(=O)O1.S.S.[CH3-].[I][V][I].[V]. The Morgan fingerprint density at radius 2 is 1.16 bits per heavy atom. The molecule has 2 amide bonds. The molecule has 31 heteroatoms. The smallest absolute Gasteiger partial charge is 0 e. The molecule has 3 N–H and O–H groups in total. The molecule has 2 aromatic carbocycles. The van der Waals surface area contributed by atoms with Crippen LogP contribution in [0.5, 0.6) is 11.8 Å². The van der Waals surface area contributed by atoms with Crippen LogP contribution >= 0.6 is 66.9 Å². The second-order valence-electron chi connectivity index (χ2n) is 17.4. The van der Waals surface area contributed by atoms with Gasteiger partial charge in [-0.1, -0.05) is 0 Å². The first-order valence-corrected chi connectivity index (χ1v) is 33.1. The van der Waals surface area contributed by atoms with Gasteiger partial charge in [0.05, 0.1) is 62.6 Å². The van der Waals surface area contributed by atoms with Crippen LogP contribution in [0.3, 0.4) is 0 Å². The van der Waals surface area contributed by atoms with Crippen molar-refractivity contribution in [3.8, 4) is 11.8 Å². The number of cyclic esters (lactones) is 2. The minimum atomic E-state index is -0.564. The number of benzene rings is 2. The zero-order valence-corrected chi connectivity index (χ0v) is 53.6. The molecule has 6 aromatic rings. The van der Waals surface area contributed by atoms with Crippen molar-refractivity contribution in [1.82, 2.24) is 34.4 Å². The molecule has 2 saturated heterocycles. The van der Waals surface area contributed by atoms with Crippen LogP contribution in [-0.4, -0.2) is 145 Å². The number of Topliss-reactive ketones (excluding diaryl/α,β-unsaturated/α-hetero) is 2. The van der Waals surface area contributed by atoms with Gasteiger partial charge in [0.1, 0.15) is 54.7 Å². The predicted octanol–water partition coefficient (Wildman–Crippen LogP) is 4.47. The Hall–Kier alpha value is -4.80. The number of amides is 2. The van der Waals surface area contributed by atoms with Gasteiger partial charge in [0.15, 0.2) is 23.2 Å². The van der Waals surface area contributed by atoms with Crippen LogP contribution in [-0.2, 0) is 100 Å². The van der Waals surface area contributed by atoms with E-state index in [0.717, 1.165) is 10.8 Å². The maximum atomic E-state index is 14.8. The van der Waals surface area contributed by atoms with E-state index in [4.69, 9.17) is 34.2 Å². The van der Waals surface area contributed by atoms with E-state index in [-0.39, 0.29) is 139 Å². The largest absolute Gasteiger partial charge is 0 e. The number of pyridine rings is 2. The molecule has 1 radical (unpaired) electrons. The molecule has 4 aromatic heterocycles. The fourth-order valence-corrected chi connectivity index (χ4v) is 8.65. The second kappa shape index (κ2) is 34.8. The number of ether oxygens (including phenoxy) is 6. The number of anilines is 2. The average Bonchev–Trinajstić information content (AvgIpc) is 4.01. The van der Waals surface area contributed by atoms with Crippen molar-refractivity contribution in [3.05, 3.63) is 123 Å². The molecule has 23 nitrogen and oxygen atoms in total. The first-order valence-electron chi connectivity index (χ1n) is 24.1. The molecular weight excluding hydrogens is 1420 g/mol. The monoisotopic (exact) mass is 1480 g/mol. The number of rotatable bonds is 16. The second-order valence-corrected chi connectivity index (χ2v) is 29.2.